The molecule has 1 heterocycles. The second-order valence-corrected chi connectivity index (χ2v) is 5.75. The Hall–Kier alpha value is -2.52. The third-order valence-electron chi connectivity index (χ3n) is 2.89. The van der Waals surface area contributed by atoms with Gasteiger partial charge >= 0.3 is 10.8 Å². The van der Waals surface area contributed by atoms with Gasteiger partial charge < -0.3 is 10.1 Å². The molecular formula is C13H13N3O5S. The van der Waals surface area contributed by atoms with Gasteiger partial charge in [-0.05, 0) is 7.05 Å². The molecule has 0 atom stereocenters. The number of carboxylic acid groups (broad SMARTS) is 1. The van der Waals surface area contributed by atoms with Gasteiger partial charge in [-0.3, -0.25) is 24.6 Å². The molecule has 2 aromatic rings. The van der Waals surface area contributed by atoms with Gasteiger partial charge in [0.2, 0.25) is 0 Å². The maximum atomic E-state index is 11.6. The van der Waals surface area contributed by atoms with E-state index in [4.69, 9.17) is 5.11 Å². The number of nitro groups is 1. The Morgan fingerprint density at radius 2 is 2.23 bits per heavy atom. The van der Waals surface area contributed by atoms with Crippen molar-refractivity contribution in [1.82, 2.24) is 9.88 Å². The number of non-ortho nitro benzene ring substituents is 1. The summed E-state index contributed by atoms with van der Waals surface area (Å²) in [6, 6.07) is 5.93. The molecule has 0 spiro atoms. The number of aromatic nitrogens is 1. The third kappa shape index (κ3) is 3.77. The zero-order chi connectivity index (χ0) is 16.3. The lowest BCUT2D eigenvalue weighted by atomic mass is 10.1. The molecule has 0 saturated carbocycles. The van der Waals surface area contributed by atoms with E-state index in [1.54, 1.807) is 18.0 Å². The second kappa shape index (κ2) is 6.50. The molecule has 0 aliphatic heterocycles. The van der Waals surface area contributed by atoms with Crippen LogP contribution >= 0.6 is 11.3 Å². The predicted molar refractivity (Wildman–Crippen MR) is 81.0 cm³/mol. The van der Waals surface area contributed by atoms with Crippen LogP contribution in [0, 0.1) is 10.1 Å². The maximum Gasteiger partial charge on any atom is 0.317 e. The van der Waals surface area contributed by atoms with Crippen molar-refractivity contribution < 1.29 is 14.8 Å². The molecule has 0 saturated heterocycles. The summed E-state index contributed by atoms with van der Waals surface area (Å²) in [6.45, 7) is 0.0915. The number of thiazole rings is 1. The first-order chi connectivity index (χ1) is 10.4. The molecule has 0 amide bonds. The van der Waals surface area contributed by atoms with Crippen LogP contribution in [-0.2, 0) is 11.3 Å². The van der Waals surface area contributed by atoms with E-state index in [1.165, 1.54) is 18.2 Å². The van der Waals surface area contributed by atoms with Crippen molar-refractivity contribution in [2.24, 2.45) is 0 Å². The van der Waals surface area contributed by atoms with Crippen molar-refractivity contribution in [3.8, 4) is 11.3 Å². The molecule has 2 rings (SSSR count). The molecule has 0 bridgehead atoms. The van der Waals surface area contributed by atoms with Crippen molar-refractivity contribution in [3.63, 3.8) is 0 Å². The number of aliphatic carboxylic acids is 1. The van der Waals surface area contributed by atoms with Gasteiger partial charge in [0, 0.05) is 29.1 Å². The number of hydrogen-bond donors (Lipinski definition) is 2. The van der Waals surface area contributed by atoms with E-state index in [0.29, 0.717) is 16.1 Å². The van der Waals surface area contributed by atoms with Crippen LogP contribution in [0.2, 0.25) is 0 Å². The van der Waals surface area contributed by atoms with Gasteiger partial charge in [-0.2, -0.15) is 0 Å². The largest absolute Gasteiger partial charge is 0.480 e. The van der Waals surface area contributed by atoms with E-state index in [1.807, 2.05) is 0 Å². The van der Waals surface area contributed by atoms with E-state index in [2.05, 4.69) is 4.98 Å². The zero-order valence-electron chi connectivity index (χ0n) is 11.6. The lowest BCUT2D eigenvalue weighted by molar-refractivity contribution is -0.384. The first-order valence-corrected chi connectivity index (χ1v) is 7.05. The highest BCUT2D eigenvalue weighted by molar-refractivity contribution is 7.09. The molecule has 0 fully saturated rings. The fraction of sp³-hybridized carbons (Fsp3) is 0.231. The molecule has 1 aromatic carbocycles. The summed E-state index contributed by atoms with van der Waals surface area (Å²) in [5.74, 6) is -0.970. The van der Waals surface area contributed by atoms with Crippen LogP contribution in [0.25, 0.3) is 11.3 Å². The van der Waals surface area contributed by atoms with Crippen molar-refractivity contribution in [2.45, 2.75) is 6.54 Å². The number of carbonyl (C=O) groups is 1. The summed E-state index contributed by atoms with van der Waals surface area (Å²) in [7, 11) is 1.62. The average Bonchev–Trinajstić information content (AvgIpc) is 2.78. The van der Waals surface area contributed by atoms with Crippen molar-refractivity contribution in [3.05, 3.63) is 48.9 Å². The summed E-state index contributed by atoms with van der Waals surface area (Å²) in [5, 5.41) is 19.6. The topological polar surface area (TPSA) is 117 Å². The molecule has 8 nitrogen and oxygen atoms in total. The standard InChI is InChI=1S/C13H13N3O5S/c1-15(7-11(17)18)6-10-12(14-13(19)22-10)8-3-2-4-9(5-8)16(20)21/h2-5H,6-7H2,1H3,(H,14,19)(H,17,18). The van der Waals surface area contributed by atoms with Crippen LogP contribution in [0.15, 0.2) is 29.1 Å². The minimum absolute atomic E-state index is 0.0746. The van der Waals surface area contributed by atoms with Crippen LogP contribution in [0.3, 0.4) is 0 Å². The number of nitro benzene ring substituents is 1. The number of aromatic amines is 1. The summed E-state index contributed by atoms with van der Waals surface area (Å²) in [4.78, 5) is 37.2. The number of carboxylic acids is 1. The highest BCUT2D eigenvalue weighted by atomic mass is 32.1. The predicted octanol–water partition coefficient (Wildman–Crippen LogP) is 1.53. The molecule has 9 heteroatoms. The Bertz CT molecular complexity index is 767. The minimum Gasteiger partial charge on any atom is -0.480 e. The Morgan fingerprint density at radius 1 is 1.50 bits per heavy atom. The molecule has 0 aliphatic carbocycles. The van der Waals surface area contributed by atoms with Gasteiger partial charge in [-0.1, -0.05) is 23.5 Å². The number of likely N-dealkylation sites (N-methyl/N-ethyl adjacent to an activating group) is 1. The zero-order valence-corrected chi connectivity index (χ0v) is 12.4. The molecule has 0 unspecified atom stereocenters. The van der Waals surface area contributed by atoms with Gasteiger partial charge in [0.25, 0.3) is 5.69 Å². The van der Waals surface area contributed by atoms with Gasteiger partial charge in [0.1, 0.15) is 0 Å². The van der Waals surface area contributed by atoms with Crippen LogP contribution in [-0.4, -0.2) is 39.5 Å². The van der Waals surface area contributed by atoms with Gasteiger partial charge in [0.15, 0.2) is 0 Å². The van der Waals surface area contributed by atoms with Crippen molar-refractivity contribution >= 4 is 23.0 Å². The smallest absolute Gasteiger partial charge is 0.317 e. The maximum absolute atomic E-state index is 11.6. The molecule has 0 aliphatic rings. The van der Waals surface area contributed by atoms with Gasteiger partial charge in [0.05, 0.1) is 17.2 Å². The first-order valence-electron chi connectivity index (χ1n) is 6.24. The normalized spacial score (nSPS) is 10.8. The average molecular weight is 323 g/mol. The Balaban J connectivity index is 2.36. The fourth-order valence-electron chi connectivity index (χ4n) is 2.01. The number of hydrogen-bond acceptors (Lipinski definition) is 6. The number of H-pyrrole nitrogens is 1. The van der Waals surface area contributed by atoms with Crippen LogP contribution in [0.1, 0.15) is 4.88 Å². The van der Waals surface area contributed by atoms with Crippen LogP contribution in [0.4, 0.5) is 5.69 Å². The van der Waals surface area contributed by atoms with E-state index in [0.717, 1.165) is 11.3 Å². The summed E-state index contributed by atoms with van der Waals surface area (Å²) < 4.78 is 0. The van der Waals surface area contributed by atoms with E-state index < -0.39 is 10.9 Å². The second-order valence-electron chi connectivity index (χ2n) is 4.69. The van der Waals surface area contributed by atoms with Gasteiger partial charge in [-0.15, -0.1) is 0 Å². The lowest BCUT2D eigenvalue weighted by Crippen LogP contribution is -2.24. The molecule has 1 aromatic heterocycles. The van der Waals surface area contributed by atoms with E-state index in [9.17, 15) is 19.7 Å². The van der Waals surface area contributed by atoms with E-state index >= 15 is 0 Å². The number of benzene rings is 1. The van der Waals surface area contributed by atoms with Gasteiger partial charge in [-0.25, -0.2) is 0 Å². The highest BCUT2D eigenvalue weighted by Crippen LogP contribution is 2.27. The first kappa shape index (κ1) is 15.9. The van der Waals surface area contributed by atoms with Crippen LogP contribution < -0.4 is 4.87 Å². The molecule has 2 N–H and O–H groups in total. The quantitative estimate of drug-likeness (QED) is 0.615. The summed E-state index contributed by atoms with van der Waals surface area (Å²) in [5.41, 5.74) is 0.927. The van der Waals surface area contributed by atoms with Crippen molar-refractivity contribution in [2.75, 3.05) is 13.6 Å². The Morgan fingerprint density at radius 3 is 2.86 bits per heavy atom. The summed E-state index contributed by atoms with van der Waals surface area (Å²) >= 11 is 0.963. The SMILES string of the molecule is CN(CC(=O)O)Cc1sc(=O)[nH]c1-c1cccc([N+](=O)[O-])c1. The molecular weight excluding hydrogens is 310 g/mol. The van der Waals surface area contributed by atoms with E-state index in [-0.39, 0.29) is 23.6 Å². The molecule has 22 heavy (non-hydrogen) atoms. The van der Waals surface area contributed by atoms with Crippen molar-refractivity contribution in [1.29, 1.82) is 0 Å². The molecule has 0 radical (unpaired) electrons. The lowest BCUT2D eigenvalue weighted by Gasteiger charge is -2.13. The molecule has 116 valence electrons. The third-order valence-corrected chi connectivity index (χ3v) is 3.75. The Labute approximate surface area is 128 Å². The highest BCUT2D eigenvalue weighted by Gasteiger charge is 2.16. The van der Waals surface area contributed by atoms with Crippen LogP contribution in [0.5, 0.6) is 0 Å². The minimum atomic E-state index is -0.970. The number of rotatable bonds is 6. The number of nitrogens with one attached hydrogen (secondary N) is 1. The Kier molecular flexibility index (Phi) is 4.68. The fourth-order valence-corrected chi connectivity index (χ4v) is 2.94. The summed E-state index contributed by atoms with van der Waals surface area (Å²) in [6.07, 6.45) is 0. The number of nitrogens with zero attached hydrogens (tertiary/aromatic N) is 2. The monoisotopic (exact) mass is 323 g/mol.